The van der Waals surface area contributed by atoms with Crippen LogP contribution in [0.3, 0.4) is 0 Å². The lowest BCUT2D eigenvalue weighted by atomic mass is 10.4. The van der Waals surface area contributed by atoms with Crippen molar-refractivity contribution in [1.29, 1.82) is 0 Å². The second-order valence-electron chi connectivity index (χ2n) is 2.82. The molecule has 0 amide bonds. The summed E-state index contributed by atoms with van der Waals surface area (Å²) in [6.07, 6.45) is 3.96. The van der Waals surface area contributed by atoms with Crippen molar-refractivity contribution in [3.05, 3.63) is 34.9 Å². The van der Waals surface area contributed by atoms with Crippen molar-refractivity contribution in [2.75, 3.05) is 5.73 Å². The van der Waals surface area contributed by atoms with Gasteiger partial charge >= 0.3 is 0 Å². The highest BCUT2D eigenvalue weighted by atomic mass is 79.9. The van der Waals surface area contributed by atoms with Crippen LogP contribution in [0.5, 0.6) is 11.6 Å². The van der Waals surface area contributed by atoms with E-state index in [-0.39, 0.29) is 11.8 Å². The quantitative estimate of drug-likeness (QED) is 0.915. The summed E-state index contributed by atoms with van der Waals surface area (Å²) >= 11 is 3.21. The minimum Gasteiger partial charge on any atom is -0.435 e. The summed E-state index contributed by atoms with van der Waals surface area (Å²) in [5.74, 6) is -0.618. The number of halogens is 2. The molecule has 0 saturated carbocycles. The van der Waals surface area contributed by atoms with Gasteiger partial charge in [0.05, 0.1) is 12.4 Å². The lowest BCUT2D eigenvalue weighted by Crippen LogP contribution is -1.99. The number of hydrogen-bond donors (Lipinski definition) is 1. The molecule has 0 aliphatic heterocycles. The maximum Gasteiger partial charge on any atom is 0.260 e. The van der Waals surface area contributed by atoms with Gasteiger partial charge in [-0.2, -0.15) is 9.37 Å². The number of ether oxygens (including phenoxy) is 1. The van der Waals surface area contributed by atoms with Crippen molar-refractivity contribution in [1.82, 2.24) is 15.0 Å². The fourth-order valence-electron chi connectivity index (χ4n) is 0.996. The first-order chi connectivity index (χ1) is 7.65. The molecule has 2 aromatic heterocycles. The average Bonchev–Trinajstić information content (AvgIpc) is 2.24. The molecule has 5 nitrogen and oxygen atoms in total. The Morgan fingerprint density at radius 2 is 2.12 bits per heavy atom. The van der Waals surface area contributed by atoms with Gasteiger partial charge in [-0.15, -0.1) is 0 Å². The zero-order chi connectivity index (χ0) is 11.5. The van der Waals surface area contributed by atoms with Gasteiger partial charge in [-0.1, -0.05) is 0 Å². The van der Waals surface area contributed by atoms with Gasteiger partial charge < -0.3 is 10.5 Å². The third kappa shape index (κ3) is 2.43. The molecule has 0 bridgehead atoms. The molecule has 0 radical (unpaired) electrons. The van der Waals surface area contributed by atoms with Crippen molar-refractivity contribution >= 4 is 21.9 Å². The van der Waals surface area contributed by atoms with Crippen LogP contribution in [0.4, 0.5) is 10.3 Å². The topological polar surface area (TPSA) is 73.9 Å². The van der Waals surface area contributed by atoms with Crippen LogP contribution in [0.2, 0.25) is 0 Å². The highest BCUT2D eigenvalue weighted by molar-refractivity contribution is 9.10. The highest BCUT2D eigenvalue weighted by Gasteiger charge is 2.08. The summed E-state index contributed by atoms with van der Waals surface area (Å²) < 4.78 is 19.1. The Hall–Kier alpha value is -1.76. The largest absolute Gasteiger partial charge is 0.435 e. The number of nitrogens with two attached hydrogens (primary N) is 1. The second kappa shape index (κ2) is 4.40. The normalized spacial score (nSPS) is 10.1. The van der Waals surface area contributed by atoms with Crippen molar-refractivity contribution in [2.24, 2.45) is 0 Å². The maximum absolute atomic E-state index is 13.2. The molecule has 2 aromatic rings. The molecule has 0 atom stereocenters. The fraction of sp³-hybridized carbons (Fsp3) is 0. The first-order valence-electron chi connectivity index (χ1n) is 4.21. The molecule has 0 fully saturated rings. The van der Waals surface area contributed by atoms with Crippen LogP contribution in [-0.4, -0.2) is 15.0 Å². The van der Waals surface area contributed by atoms with Crippen molar-refractivity contribution in [3.8, 4) is 11.6 Å². The van der Waals surface area contributed by atoms with Gasteiger partial charge in [0.1, 0.15) is 5.75 Å². The number of pyridine rings is 1. The highest BCUT2D eigenvalue weighted by Crippen LogP contribution is 2.23. The van der Waals surface area contributed by atoms with Gasteiger partial charge in [0, 0.05) is 10.7 Å². The molecule has 0 aliphatic rings. The molecule has 16 heavy (non-hydrogen) atoms. The minimum atomic E-state index is -0.686. The Morgan fingerprint density at radius 3 is 2.88 bits per heavy atom. The molecule has 0 saturated heterocycles. The number of nitrogen functional groups attached to an aromatic ring is 1. The van der Waals surface area contributed by atoms with Gasteiger partial charge in [0.2, 0.25) is 11.8 Å². The molecule has 0 aromatic carbocycles. The summed E-state index contributed by atoms with van der Waals surface area (Å²) in [5, 5.41) is 0. The molecule has 7 heteroatoms. The molecule has 2 heterocycles. The van der Waals surface area contributed by atoms with E-state index in [9.17, 15) is 4.39 Å². The first-order valence-corrected chi connectivity index (χ1v) is 5.01. The fourth-order valence-corrected chi connectivity index (χ4v) is 1.34. The second-order valence-corrected chi connectivity index (χ2v) is 3.74. The van der Waals surface area contributed by atoms with Gasteiger partial charge in [-0.05, 0) is 22.0 Å². The standard InChI is InChI=1S/C9H6BrFN4O/c10-5-1-6(3-13-2-5)16-8-7(11)4-14-9(12)15-8/h1-4H,(H2,12,14,15). The Morgan fingerprint density at radius 1 is 1.31 bits per heavy atom. The number of hydrogen-bond acceptors (Lipinski definition) is 5. The maximum atomic E-state index is 13.2. The molecule has 2 rings (SSSR count). The number of nitrogens with zero attached hydrogens (tertiary/aromatic N) is 3. The van der Waals surface area contributed by atoms with E-state index >= 15 is 0 Å². The summed E-state index contributed by atoms with van der Waals surface area (Å²) in [7, 11) is 0. The molecule has 0 aliphatic carbocycles. The van der Waals surface area contributed by atoms with E-state index in [1.807, 2.05) is 0 Å². The lowest BCUT2D eigenvalue weighted by Gasteiger charge is -2.05. The predicted molar refractivity (Wildman–Crippen MR) is 58.4 cm³/mol. The van der Waals surface area contributed by atoms with Crippen LogP contribution in [0, 0.1) is 5.82 Å². The van der Waals surface area contributed by atoms with E-state index in [1.165, 1.54) is 6.20 Å². The third-order valence-corrected chi connectivity index (χ3v) is 2.06. The Labute approximate surface area is 98.6 Å². The third-order valence-electron chi connectivity index (χ3n) is 1.62. The zero-order valence-electron chi connectivity index (χ0n) is 7.89. The van der Waals surface area contributed by atoms with Crippen LogP contribution in [0.1, 0.15) is 0 Å². The first kappa shape index (κ1) is 10.7. The van der Waals surface area contributed by atoms with E-state index in [0.29, 0.717) is 10.2 Å². The SMILES string of the molecule is Nc1ncc(F)c(Oc2cncc(Br)c2)n1. The smallest absolute Gasteiger partial charge is 0.260 e. The Balaban J connectivity index is 2.30. The summed E-state index contributed by atoms with van der Waals surface area (Å²) in [5.41, 5.74) is 5.32. The van der Waals surface area contributed by atoms with Crippen molar-refractivity contribution < 1.29 is 9.13 Å². The van der Waals surface area contributed by atoms with E-state index in [4.69, 9.17) is 10.5 Å². The molecule has 2 N–H and O–H groups in total. The molecule has 82 valence electrons. The van der Waals surface area contributed by atoms with Crippen LogP contribution in [0.25, 0.3) is 0 Å². The number of aromatic nitrogens is 3. The number of anilines is 1. The van der Waals surface area contributed by atoms with E-state index in [0.717, 1.165) is 6.20 Å². The van der Waals surface area contributed by atoms with E-state index < -0.39 is 5.82 Å². The summed E-state index contributed by atoms with van der Waals surface area (Å²) in [4.78, 5) is 11.0. The van der Waals surface area contributed by atoms with Gasteiger partial charge in [-0.25, -0.2) is 4.98 Å². The zero-order valence-corrected chi connectivity index (χ0v) is 9.48. The van der Waals surface area contributed by atoms with Crippen molar-refractivity contribution in [2.45, 2.75) is 0 Å². The Bertz CT molecular complexity index is 523. The number of rotatable bonds is 2. The van der Waals surface area contributed by atoms with Crippen LogP contribution >= 0.6 is 15.9 Å². The molecular formula is C9H6BrFN4O. The van der Waals surface area contributed by atoms with Crippen LogP contribution in [-0.2, 0) is 0 Å². The molecule has 0 spiro atoms. The van der Waals surface area contributed by atoms with Crippen molar-refractivity contribution in [3.63, 3.8) is 0 Å². The van der Waals surface area contributed by atoms with E-state index in [1.54, 1.807) is 12.3 Å². The van der Waals surface area contributed by atoms with Crippen LogP contribution < -0.4 is 10.5 Å². The van der Waals surface area contributed by atoms with Gasteiger partial charge in [-0.3, -0.25) is 4.98 Å². The summed E-state index contributed by atoms with van der Waals surface area (Å²) in [6.45, 7) is 0. The minimum absolute atomic E-state index is 0.0562. The predicted octanol–water partition coefficient (Wildman–Crippen LogP) is 2.15. The average molecular weight is 285 g/mol. The van der Waals surface area contributed by atoms with Gasteiger partial charge in [0.15, 0.2) is 0 Å². The van der Waals surface area contributed by atoms with Gasteiger partial charge in [0.25, 0.3) is 5.88 Å². The Kier molecular flexibility index (Phi) is 2.95. The molecule has 0 unspecified atom stereocenters. The lowest BCUT2D eigenvalue weighted by molar-refractivity contribution is 0.419. The van der Waals surface area contributed by atoms with E-state index in [2.05, 4.69) is 30.9 Å². The molecular weight excluding hydrogens is 279 g/mol. The summed E-state index contributed by atoms with van der Waals surface area (Å²) in [6, 6.07) is 1.63. The van der Waals surface area contributed by atoms with Crippen LogP contribution in [0.15, 0.2) is 29.1 Å². The monoisotopic (exact) mass is 284 g/mol.